The van der Waals surface area contributed by atoms with Crippen molar-refractivity contribution >= 4 is 21.8 Å². The molecule has 0 atom stereocenters. The molecule has 4 aromatic carbocycles. The third-order valence-electron chi connectivity index (χ3n) is 6.28. The summed E-state index contributed by atoms with van der Waals surface area (Å²) in [5.74, 6) is 1.72. The molecule has 5 heteroatoms. The molecule has 6 aromatic rings. The molecule has 1 aliphatic heterocycles. The van der Waals surface area contributed by atoms with Crippen molar-refractivity contribution in [1.29, 1.82) is 0 Å². The fraction of sp³-hybridized carbons (Fsp3) is 0.125. The van der Waals surface area contributed by atoms with Crippen LogP contribution in [0.1, 0.15) is 19.8 Å². The van der Waals surface area contributed by atoms with E-state index in [1.807, 2.05) is 66.7 Å². The first-order valence-electron chi connectivity index (χ1n) is 12.3. The molecule has 0 saturated carbocycles. The van der Waals surface area contributed by atoms with Gasteiger partial charge in [0.1, 0.15) is 5.75 Å². The molecule has 37 heavy (non-hydrogen) atoms. The van der Waals surface area contributed by atoms with Crippen molar-refractivity contribution in [3.05, 3.63) is 116 Å². The van der Waals surface area contributed by atoms with E-state index in [1.165, 1.54) is 0 Å². The molecule has 0 unspecified atom stereocenters. The zero-order chi connectivity index (χ0) is 24.3. The number of hydrogen-bond donors (Lipinski definition) is 0. The molecule has 0 bridgehead atoms. The second-order valence-electron chi connectivity index (χ2n) is 8.73. The Bertz CT molecular complexity index is 1610. The van der Waals surface area contributed by atoms with Gasteiger partial charge in [0.25, 0.3) is 0 Å². The van der Waals surface area contributed by atoms with Crippen LogP contribution in [-0.4, -0.2) is 9.55 Å². The number of imidazole rings is 1. The van der Waals surface area contributed by atoms with Gasteiger partial charge in [0.2, 0.25) is 6.33 Å². The maximum atomic E-state index is 6.19. The molecule has 0 amide bonds. The summed E-state index contributed by atoms with van der Waals surface area (Å²) in [4.78, 5) is 4.22. The fourth-order valence-electron chi connectivity index (χ4n) is 4.48. The van der Waals surface area contributed by atoms with Gasteiger partial charge in [-0.2, -0.15) is 0 Å². The zero-order valence-corrected chi connectivity index (χ0v) is 22.8. The predicted molar refractivity (Wildman–Crippen MR) is 142 cm³/mol. The van der Waals surface area contributed by atoms with Gasteiger partial charge in [0, 0.05) is 17.6 Å². The van der Waals surface area contributed by atoms with Crippen LogP contribution in [0.4, 0.5) is 0 Å². The minimum absolute atomic E-state index is 0. The van der Waals surface area contributed by atoms with Gasteiger partial charge in [0.15, 0.2) is 0 Å². The van der Waals surface area contributed by atoms with Crippen LogP contribution < -0.4 is 9.30 Å². The number of pyridine rings is 1. The number of hydrogen-bond acceptors (Lipinski definition) is 2. The number of fused-ring (bicyclic) bond motifs is 3. The first-order valence-corrected chi connectivity index (χ1v) is 12.3. The molecule has 0 spiro atoms. The Kier molecular flexibility index (Phi) is 7.45. The van der Waals surface area contributed by atoms with Crippen molar-refractivity contribution in [2.75, 3.05) is 0 Å². The van der Waals surface area contributed by atoms with E-state index >= 15 is 0 Å². The van der Waals surface area contributed by atoms with Gasteiger partial charge in [-0.3, -0.25) is 0 Å². The summed E-state index contributed by atoms with van der Waals surface area (Å²) >= 11 is 0. The number of aromatic nitrogens is 3. The minimum Gasteiger partial charge on any atom is -0.513 e. The zero-order valence-electron chi connectivity index (χ0n) is 20.4. The molecule has 182 valence electrons. The summed E-state index contributed by atoms with van der Waals surface area (Å²) in [5.41, 5.74) is 5.18. The van der Waals surface area contributed by atoms with E-state index in [0.29, 0.717) is 0 Å². The number of ether oxygens (including phenoxy) is 1. The Hall–Kier alpha value is -3.79. The molecule has 7 rings (SSSR count). The molecule has 1 aliphatic rings. The maximum Gasteiger partial charge on any atom is 3.00 e. The van der Waals surface area contributed by atoms with Gasteiger partial charge in [-0.25, -0.2) is 0 Å². The van der Waals surface area contributed by atoms with Crippen LogP contribution in [0.3, 0.4) is 0 Å². The van der Waals surface area contributed by atoms with Crippen LogP contribution in [0.5, 0.6) is 11.5 Å². The Balaban J connectivity index is 0.000000183. The first-order chi connectivity index (χ1) is 17.8. The summed E-state index contributed by atoms with van der Waals surface area (Å²) in [5, 5.41) is 2.23. The normalized spacial score (nSPS) is 11.2. The summed E-state index contributed by atoms with van der Waals surface area (Å²) in [6, 6.07) is 36.9. The Morgan fingerprint density at radius 3 is 2.59 bits per heavy atom. The SMILES string of the molecule is CCCCn1[c-][n+]2c3c(cccc31)Oc1cc3ccccc3[c-]c1-2.[Ir+3].[c-]1ccccc1-c1ccccn1. The second kappa shape index (κ2) is 11.1. The van der Waals surface area contributed by atoms with E-state index in [9.17, 15) is 0 Å². The average molecular weight is 660 g/mol. The van der Waals surface area contributed by atoms with Crippen molar-refractivity contribution in [3.63, 3.8) is 0 Å². The van der Waals surface area contributed by atoms with Gasteiger partial charge < -0.3 is 18.9 Å². The number of rotatable bonds is 4. The van der Waals surface area contributed by atoms with Crippen LogP contribution >= 0.6 is 0 Å². The van der Waals surface area contributed by atoms with Crippen LogP contribution in [-0.2, 0) is 26.7 Å². The van der Waals surface area contributed by atoms with Crippen LogP contribution in [0.15, 0.2) is 97.2 Å². The Labute approximate surface area is 230 Å². The van der Waals surface area contributed by atoms with Gasteiger partial charge in [-0.1, -0.05) is 49.7 Å². The van der Waals surface area contributed by atoms with Crippen molar-refractivity contribution in [2.45, 2.75) is 26.3 Å². The van der Waals surface area contributed by atoms with Crippen molar-refractivity contribution in [1.82, 2.24) is 9.55 Å². The minimum atomic E-state index is 0. The van der Waals surface area contributed by atoms with Crippen LogP contribution in [0, 0.1) is 18.5 Å². The largest absolute Gasteiger partial charge is 3.00 e. The molecule has 0 N–H and O–H groups in total. The first kappa shape index (κ1) is 24.9. The summed E-state index contributed by atoms with van der Waals surface area (Å²) in [6.07, 6.45) is 7.60. The predicted octanol–water partition coefficient (Wildman–Crippen LogP) is 7.12. The smallest absolute Gasteiger partial charge is 0.513 e. The molecule has 2 aromatic heterocycles. The third-order valence-corrected chi connectivity index (χ3v) is 6.28. The van der Waals surface area contributed by atoms with Crippen molar-refractivity contribution < 1.29 is 29.4 Å². The van der Waals surface area contributed by atoms with E-state index < -0.39 is 0 Å². The van der Waals surface area contributed by atoms with E-state index in [-0.39, 0.29) is 20.1 Å². The number of benzene rings is 4. The van der Waals surface area contributed by atoms with Gasteiger partial charge >= 0.3 is 20.1 Å². The monoisotopic (exact) mass is 660 g/mol. The second-order valence-corrected chi connectivity index (χ2v) is 8.73. The van der Waals surface area contributed by atoms with E-state index in [4.69, 9.17) is 4.74 Å². The summed E-state index contributed by atoms with van der Waals surface area (Å²) in [6.45, 7) is 3.17. The van der Waals surface area contributed by atoms with E-state index in [0.717, 1.165) is 69.6 Å². The number of unbranched alkanes of at least 4 members (excludes halogenated alkanes) is 1. The van der Waals surface area contributed by atoms with Gasteiger partial charge in [-0.15, -0.1) is 70.9 Å². The number of aryl methyl sites for hydroxylation is 1. The average Bonchev–Trinajstić information content (AvgIpc) is 3.32. The number of para-hydroxylation sites is 1. The summed E-state index contributed by atoms with van der Waals surface area (Å²) < 4.78 is 10.5. The van der Waals surface area contributed by atoms with Gasteiger partial charge in [-0.05, 0) is 24.2 Å². The molecular formula is C32H25IrN3O+. The fourth-order valence-corrected chi connectivity index (χ4v) is 4.48. The maximum absolute atomic E-state index is 6.19. The molecule has 3 heterocycles. The Morgan fingerprint density at radius 1 is 0.919 bits per heavy atom. The Morgan fingerprint density at radius 2 is 1.78 bits per heavy atom. The van der Waals surface area contributed by atoms with Gasteiger partial charge in [0.05, 0.1) is 17.6 Å². The molecule has 0 radical (unpaired) electrons. The van der Waals surface area contributed by atoms with E-state index in [1.54, 1.807) is 6.20 Å². The van der Waals surface area contributed by atoms with Crippen molar-refractivity contribution in [2.24, 2.45) is 0 Å². The number of nitrogens with zero attached hydrogens (tertiary/aromatic N) is 3. The third kappa shape index (κ3) is 4.93. The topological polar surface area (TPSA) is 30.9 Å². The standard InChI is InChI=1S/C21H17N2O.C11H8N.Ir/c1-2-3-11-22-14-23-18-12-15-7-4-5-8-16(15)13-20(18)24-19-10-6-9-17(22)21(19)23;1-2-6-10(7-3-1)11-8-4-5-9-12-11;/h4-10,13H,2-3,11H2,1H3;1-6,8-9H;/q2*-1;+3. The van der Waals surface area contributed by atoms with Crippen LogP contribution in [0.25, 0.3) is 38.8 Å². The summed E-state index contributed by atoms with van der Waals surface area (Å²) in [7, 11) is 0. The van der Waals surface area contributed by atoms with Crippen molar-refractivity contribution in [3.8, 4) is 28.4 Å². The van der Waals surface area contributed by atoms with E-state index in [2.05, 4.69) is 63.8 Å². The molecule has 4 nitrogen and oxygen atoms in total. The molecule has 0 aliphatic carbocycles. The quantitative estimate of drug-likeness (QED) is 0.149. The molecule has 0 fully saturated rings. The molecule has 0 saturated heterocycles. The molecular weight excluding hydrogens is 635 g/mol. The van der Waals surface area contributed by atoms with Crippen LogP contribution in [0.2, 0.25) is 0 Å².